The summed E-state index contributed by atoms with van der Waals surface area (Å²) in [5.41, 5.74) is 1.72. The number of nitrogens with zero attached hydrogens (tertiary/aromatic N) is 3. The number of fused-ring (bicyclic) bond motifs is 3. The lowest BCUT2D eigenvalue weighted by Gasteiger charge is -2.36. The van der Waals surface area contributed by atoms with E-state index >= 15 is 0 Å². The van der Waals surface area contributed by atoms with Gasteiger partial charge in [0.1, 0.15) is 23.5 Å². The van der Waals surface area contributed by atoms with E-state index in [2.05, 4.69) is 19.9 Å². The first-order valence-electron chi connectivity index (χ1n) is 8.11. The van der Waals surface area contributed by atoms with Crippen LogP contribution in [-0.2, 0) is 0 Å². The number of piperidine rings is 1. The Bertz CT molecular complexity index is 843. The monoisotopic (exact) mass is 312 g/mol. The van der Waals surface area contributed by atoms with Crippen LogP contribution in [0.4, 0.5) is 5.82 Å². The molecule has 0 bridgehead atoms. The minimum Gasteiger partial charge on any atom is -0.508 e. The van der Waals surface area contributed by atoms with E-state index in [1.165, 1.54) is 6.42 Å². The molecule has 1 aliphatic rings. The Hall–Kier alpha value is -2.34. The van der Waals surface area contributed by atoms with E-state index in [9.17, 15) is 10.2 Å². The zero-order valence-corrected chi connectivity index (χ0v) is 12.9. The van der Waals surface area contributed by atoms with Gasteiger partial charge in [-0.3, -0.25) is 0 Å². The number of aromatic nitrogens is 3. The van der Waals surface area contributed by atoms with Gasteiger partial charge < -0.3 is 20.1 Å². The average molecular weight is 312 g/mol. The van der Waals surface area contributed by atoms with Gasteiger partial charge in [-0.2, -0.15) is 0 Å². The lowest BCUT2D eigenvalue weighted by molar-refractivity contribution is 0.262. The molecule has 0 spiro atoms. The number of anilines is 1. The molecule has 1 aromatic carbocycles. The molecule has 0 radical (unpaired) electrons. The van der Waals surface area contributed by atoms with Gasteiger partial charge in [-0.15, -0.1) is 0 Å². The number of phenolic OH excluding ortho intramolecular Hbond substituents is 1. The van der Waals surface area contributed by atoms with Crippen LogP contribution >= 0.6 is 0 Å². The third-order valence-electron chi connectivity index (χ3n) is 4.71. The maximum atomic E-state index is 9.84. The van der Waals surface area contributed by atoms with Crippen molar-refractivity contribution in [3.63, 3.8) is 0 Å². The number of nitrogens with one attached hydrogen (secondary N) is 1. The summed E-state index contributed by atoms with van der Waals surface area (Å²) >= 11 is 0. The highest BCUT2D eigenvalue weighted by Crippen LogP contribution is 2.35. The molecule has 3 aromatic rings. The van der Waals surface area contributed by atoms with Crippen LogP contribution in [0.5, 0.6) is 5.75 Å². The van der Waals surface area contributed by atoms with Gasteiger partial charge in [-0.1, -0.05) is 0 Å². The number of hydrogen-bond donors (Lipinski definition) is 3. The summed E-state index contributed by atoms with van der Waals surface area (Å²) in [5, 5.41) is 21.1. The predicted octanol–water partition coefficient (Wildman–Crippen LogP) is 2.56. The molecule has 1 unspecified atom stereocenters. The summed E-state index contributed by atoms with van der Waals surface area (Å²) < 4.78 is 0. The predicted molar refractivity (Wildman–Crippen MR) is 89.7 cm³/mol. The second-order valence-corrected chi connectivity index (χ2v) is 6.13. The molecular weight excluding hydrogens is 292 g/mol. The van der Waals surface area contributed by atoms with Crippen LogP contribution in [0.1, 0.15) is 25.7 Å². The lowest BCUT2D eigenvalue weighted by Crippen LogP contribution is -2.40. The summed E-state index contributed by atoms with van der Waals surface area (Å²) in [4.78, 5) is 14.5. The zero-order chi connectivity index (χ0) is 15.8. The zero-order valence-electron chi connectivity index (χ0n) is 12.9. The summed E-state index contributed by atoms with van der Waals surface area (Å²) in [7, 11) is 0. The van der Waals surface area contributed by atoms with E-state index in [0.29, 0.717) is 6.04 Å². The summed E-state index contributed by atoms with van der Waals surface area (Å²) in [6.07, 6.45) is 5.71. The third kappa shape index (κ3) is 2.39. The molecule has 0 aliphatic carbocycles. The van der Waals surface area contributed by atoms with Crippen molar-refractivity contribution in [3.05, 3.63) is 24.5 Å². The third-order valence-corrected chi connectivity index (χ3v) is 4.71. The van der Waals surface area contributed by atoms with Gasteiger partial charge in [-0.25, -0.2) is 9.97 Å². The van der Waals surface area contributed by atoms with Crippen LogP contribution in [0.2, 0.25) is 0 Å². The average Bonchev–Trinajstić information content (AvgIpc) is 2.94. The number of hydrogen-bond acceptors (Lipinski definition) is 5. The van der Waals surface area contributed by atoms with E-state index in [-0.39, 0.29) is 12.4 Å². The number of aromatic amines is 1. The highest BCUT2D eigenvalue weighted by Gasteiger charge is 2.26. The molecule has 2 aromatic heterocycles. The van der Waals surface area contributed by atoms with Gasteiger partial charge in [0, 0.05) is 30.1 Å². The highest BCUT2D eigenvalue weighted by atomic mass is 16.3. The maximum absolute atomic E-state index is 9.84. The first-order chi connectivity index (χ1) is 11.3. The number of benzene rings is 1. The minimum atomic E-state index is 0.185. The first-order valence-corrected chi connectivity index (χ1v) is 8.11. The standard InChI is InChI=1S/C17H20N4O2/c22-8-6-11-3-1-2-7-21(11)17-15-13-9-12(23)4-5-14(13)20-16(15)18-10-19-17/h4-5,9-11,22-23H,1-3,6-8H2,(H,18,19,20). The highest BCUT2D eigenvalue weighted by molar-refractivity contribution is 6.11. The molecule has 23 heavy (non-hydrogen) atoms. The number of H-pyrrole nitrogens is 1. The van der Waals surface area contributed by atoms with Crippen LogP contribution in [0.25, 0.3) is 21.9 Å². The number of rotatable bonds is 3. The maximum Gasteiger partial charge on any atom is 0.143 e. The van der Waals surface area contributed by atoms with E-state index in [4.69, 9.17) is 0 Å². The van der Waals surface area contributed by atoms with E-state index < -0.39 is 0 Å². The molecule has 1 fully saturated rings. The minimum absolute atomic E-state index is 0.185. The number of aromatic hydroxyl groups is 1. The van der Waals surface area contributed by atoms with Crippen molar-refractivity contribution in [2.45, 2.75) is 31.7 Å². The lowest BCUT2D eigenvalue weighted by atomic mass is 9.99. The van der Waals surface area contributed by atoms with Crippen molar-refractivity contribution >= 4 is 27.8 Å². The normalized spacial score (nSPS) is 18.8. The van der Waals surface area contributed by atoms with Crippen molar-refractivity contribution in [3.8, 4) is 5.75 Å². The van der Waals surface area contributed by atoms with Gasteiger partial charge in [0.25, 0.3) is 0 Å². The molecule has 1 saturated heterocycles. The number of aliphatic hydroxyl groups excluding tert-OH is 1. The van der Waals surface area contributed by atoms with Crippen molar-refractivity contribution in [1.29, 1.82) is 0 Å². The van der Waals surface area contributed by atoms with Crippen LogP contribution < -0.4 is 4.90 Å². The number of aliphatic hydroxyl groups is 1. The van der Waals surface area contributed by atoms with Gasteiger partial charge in [0.05, 0.1) is 5.39 Å². The Balaban J connectivity index is 1.91. The van der Waals surface area contributed by atoms with Crippen LogP contribution in [0.3, 0.4) is 0 Å². The van der Waals surface area contributed by atoms with E-state index in [0.717, 1.165) is 53.6 Å². The quantitative estimate of drug-likeness (QED) is 0.692. The second-order valence-electron chi connectivity index (χ2n) is 6.13. The molecular formula is C17H20N4O2. The van der Waals surface area contributed by atoms with Crippen molar-refractivity contribution in [1.82, 2.24) is 15.0 Å². The van der Waals surface area contributed by atoms with Gasteiger partial charge in [0.15, 0.2) is 0 Å². The first kappa shape index (κ1) is 14.3. The van der Waals surface area contributed by atoms with E-state index in [1.807, 2.05) is 6.07 Å². The summed E-state index contributed by atoms with van der Waals surface area (Å²) in [6.45, 7) is 1.12. The molecule has 1 atom stereocenters. The Morgan fingerprint density at radius 2 is 2.17 bits per heavy atom. The molecule has 1 aliphatic heterocycles. The topological polar surface area (TPSA) is 85.3 Å². The molecule has 6 nitrogen and oxygen atoms in total. The molecule has 3 N–H and O–H groups in total. The van der Waals surface area contributed by atoms with Crippen molar-refractivity contribution in [2.75, 3.05) is 18.1 Å². The molecule has 0 saturated carbocycles. The van der Waals surface area contributed by atoms with Crippen LogP contribution in [0, 0.1) is 0 Å². The Kier molecular flexibility index (Phi) is 3.53. The SMILES string of the molecule is OCCC1CCCCN1c1ncnc2[nH]c3ccc(O)cc3c12. The fraction of sp³-hybridized carbons (Fsp3) is 0.412. The Labute approximate surface area is 133 Å². The fourth-order valence-corrected chi connectivity index (χ4v) is 3.64. The fourth-order valence-electron chi connectivity index (χ4n) is 3.64. The molecule has 0 amide bonds. The van der Waals surface area contributed by atoms with E-state index in [1.54, 1.807) is 18.5 Å². The smallest absolute Gasteiger partial charge is 0.143 e. The van der Waals surface area contributed by atoms with Gasteiger partial charge >= 0.3 is 0 Å². The Morgan fingerprint density at radius 1 is 1.26 bits per heavy atom. The summed E-state index contributed by atoms with van der Waals surface area (Å²) in [5.74, 6) is 1.13. The van der Waals surface area contributed by atoms with Crippen LogP contribution in [0.15, 0.2) is 24.5 Å². The molecule has 4 rings (SSSR count). The van der Waals surface area contributed by atoms with Gasteiger partial charge in [0.2, 0.25) is 0 Å². The van der Waals surface area contributed by atoms with Gasteiger partial charge in [-0.05, 0) is 43.9 Å². The largest absolute Gasteiger partial charge is 0.508 e. The van der Waals surface area contributed by atoms with Crippen molar-refractivity contribution in [2.24, 2.45) is 0 Å². The second kappa shape index (κ2) is 5.70. The molecule has 6 heteroatoms. The number of phenols is 1. The summed E-state index contributed by atoms with van der Waals surface area (Å²) in [6, 6.07) is 5.58. The van der Waals surface area contributed by atoms with Crippen LogP contribution in [-0.4, -0.2) is 44.4 Å². The molecule has 120 valence electrons. The molecule has 3 heterocycles. The van der Waals surface area contributed by atoms with Crippen molar-refractivity contribution < 1.29 is 10.2 Å². The Morgan fingerprint density at radius 3 is 3.04 bits per heavy atom.